The molecule has 1 aliphatic rings. The molecular formula is C17H22N4O2. The number of benzene rings is 1. The number of hydrogen-bond acceptors (Lipinski definition) is 4. The fourth-order valence-electron chi connectivity index (χ4n) is 2.48. The van der Waals surface area contributed by atoms with E-state index in [1.54, 1.807) is 7.11 Å². The van der Waals surface area contributed by atoms with E-state index < -0.39 is 0 Å². The molecule has 0 aliphatic heterocycles. The van der Waals surface area contributed by atoms with Crippen LogP contribution in [0.3, 0.4) is 0 Å². The van der Waals surface area contributed by atoms with Gasteiger partial charge >= 0.3 is 0 Å². The highest BCUT2D eigenvalue weighted by atomic mass is 16.5. The summed E-state index contributed by atoms with van der Waals surface area (Å²) < 4.78 is 4.98. The van der Waals surface area contributed by atoms with Crippen LogP contribution in [0, 0.1) is 6.92 Å². The van der Waals surface area contributed by atoms with Crippen LogP contribution in [-0.2, 0) is 9.53 Å². The molecule has 0 spiro atoms. The second-order valence-corrected chi connectivity index (χ2v) is 6.01. The van der Waals surface area contributed by atoms with Crippen LogP contribution in [0.1, 0.15) is 43.0 Å². The maximum Gasteiger partial charge on any atom is 0.224 e. The number of rotatable bonds is 7. The Morgan fingerprint density at radius 1 is 1.43 bits per heavy atom. The first-order valence-electron chi connectivity index (χ1n) is 7.99. The number of nitrogens with one attached hydrogen (secondary N) is 2. The highest BCUT2D eigenvalue weighted by molar-refractivity contribution is 5.94. The second kappa shape index (κ2) is 6.91. The van der Waals surface area contributed by atoms with Gasteiger partial charge in [-0.25, -0.2) is 4.98 Å². The third-order valence-electron chi connectivity index (χ3n) is 3.91. The number of carbonyl (C=O) groups is 1. The Morgan fingerprint density at radius 3 is 3.00 bits per heavy atom. The van der Waals surface area contributed by atoms with Crippen LogP contribution in [0.5, 0.6) is 0 Å². The minimum atomic E-state index is -0.0231. The molecule has 1 aliphatic carbocycles. The number of amides is 1. The predicted molar refractivity (Wildman–Crippen MR) is 88.3 cm³/mol. The smallest absolute Gasteiger partial charge is 0.224 e. The summed E-state index contributed by atoms with van der Waals surface area (Å²) in [5, 5.41) is 10.3. The molecule has 0 radical (unpaired) electrons. The SMILES string of the molecule is COCCCC(=O)Nc1ccc(C)cc1-c1n[nH]c(C2CC2)n1. The van der Waals surface area contributed by atoms with Gasteiger partial charge in [0.2, 0.25) is 5.91 Å². The first kappa shape index (κ1) is 15.7. The van der Waals surface area contributed by atoms with Crippen molar-refractivity contribution in [1.29, 1.82) is 0 Å². The van der Waals surface area contributed by atoms with Gasteiger partial charge in [0.25, 0.3) is 0 Å². The Kier molecular flexibility index (Phi) is 4.71. The van der Waals surface area contributed by atoms with Crippen LogP contribution < -0.4 is 5.32 Å². The summed E-state index contributed by atoms with van der Waals surface area (Å²) in [5.74, 6) is 2.08. The Balaban J connectivity index is 1.78. The van der Waals surface area contributed by atoms with E-state index >= 15 is 0 Å². The average Bonchev–Trinajstić information content (AvgIpc) is 3.27. The van der Waals surface area contributed by atoms with Crippen LogP contribution in [0.2, 0.25) is 0 Å². The zero-order valence-electron chi connectivity index (χ0n) is 13.6. The monoisotopic (exact) mass is 314 g/mol. The average molecular weight is 314 g/mol. The van der Waals surface area contributed by atoms with Crippen LogP contribution >= 0.6 is 0 Å². The van der Waals surface area contributed by atoms with Crippen molar-refractivity contribution in [1.82, 2.24) is 15.2 Å². The molecule has 1 heterocycles. The van der Waals surface area contributed by atoms with E-state index in [2.05, 4.69) is 20.5 Å². The zero-order chi connectivity index (χ0) is 16.2. The van der Waals surface area contributed by atoms with Gasteiger partial charge < -0.3 is 10.1 Å². The van der Waals surface area contributed by atoms with E-state index in [1.807, 2.05) is 25.1 Å². The highest BCUT2D eigenvalue weighted by Gasteiger charge is 2.27. The van der Waals surface area contributed by atoms with Crippen LogP contribution in [-0.4, -0.2) is 34.8 Å². The maximum absolute atomic E-state index is 12.1. The number of anilines is 1. The topological polar surface area (TPSA) is 79.9 Å². The molecule has 1 fully saturated rings. The maximum atomic E-state index is 12.1. The summed E-state index contributed by atoms with van der Waals surface area (Å²) >= 11 is 0. The molecule has 0 unspecified atom stereocenters. The van der Waals surface area contributed by atoms with E-state index in [0.29, 0.717) is 31.2 Å². The molecule has 1 aromatic heterocycles. The van der Waals surface area contributed by atoms with E-state index in [9.17, 15) is 4.79 Å². The Bertz CT molecular complexity index is 692. The van der Waals surface area contributed by atoms with Crippen LogP contribution in [0.4, 0.5) is 5.69 Å². The van der Waals surface area contributed by atoms with E-state index in [4.69, 9.17) is 4.74 Å². The molecular weight excluding hydrogens is 292 g/mol. The van der Waals surface area contributed by atoms with Crippen molar-refractivity contribution in [2.75, 3.05) is 19.0 Å². The van der Waals surface area contributed by atoms with E-state index in [0.717, 1.165) is 22.6 Å². The van der Waals surface area contributed by atoms with Crippen molar-refractivity contribution < 1.29 is 9.53 Å². The molecule has 1 amide bonds. The number of hydrogen-bond donors (Lipinski definition) is 2. The highest BCUT2D eigenvalue weighted by Crippen LogP contribution is 2.39. The minimum absolute atomic E-state index is 0.0231. The number of aromatic nitrogens is 3. The van der Waals surface area contributed by atoms with Gasteiger partial charge in [0, 0.05) is 31.6 Å². The molecule has 0 bridgehead atoms. The molecule has 2 N–H and O–H groups in total. The molecule has 0 saturated heterocycles. The lowest BCUT2D eigenvalue weighted by Gasteiger charge is -2.10. The zero-order valence-corrected chi connectivity index (χ0v) is 13.6. The largest absolute Gasteiger partial charge is 0.385 e. The summed E-state index contributed by atoms with van der Waals surface area (Å²) in [7, 11) is 1.64. The third-order valence-corrected chi connectivity index (χ3v) is 3.91. The number of nitrogens with zero attached hydrogens (tertiary/aromatic N) is 2. The van der Waals surface area contributed by atoms with Crippen molar-refractivity contribution in [2.24, 2.45) is 0 Å². The third kappa shape index (κ3) is 3.96. The Hall–Kier alpha value is -2.21. The lowest BCUT2D eigenvalue weighted by atomic mass is 10.1. The van der Waals surface area contributed by atoms with Crippen molar-refractivity contribution in [2.45, 2.75) is 38.5 Å². The molecule has 2 aromatic rings. The lowest BCUT2D eigenvalue weighted by Crippen LogP contribution is -2.13. The van der Waals surface area contributed by atoms with Crippen LogP contribution in [0.15, 0.2) is 18.2 Å². The minimum Gasteiger partial charge on any atom is -0.385 e. The van der Waals surface area contributed by atoms with Gasteiger partial charge in [0.15, 0.2) is 5.82 Å². The predicted octanol–water partition coefficient (Wildman–Crippen LogP) is 3.02. The second-order valence-electron chi connectivity index (χ2n) is 6.01. The summed E-state index contributed by atoms with van der Waals surface area (Å²) in [5.41, 5.74) is 2.71. The van der Waals surface area contributed by atoms with Gasteiger partial charge in [-0.3, -0.25) is 9.89 Å². The molecule has 6 heteroatoms. The number of aryl methyl sites for hydroxylation is 1. The van der Waals surface area contributed by atoms with Gasteiger partial charge in [-0.05, 0) is 38.3 Å². The molecule has 1 saturated carbocycles. The fraction of sp³-hybridized carbons (Fsp3) is 0.471. The number of carbonyl (C=O) groups excluding carboxylic acids is 1. The van der Waals surface area contributed by atoms with Crippen molar-refractivity contribution in [3.63, 3.8) is 0 Å². The first-order chi connectivity index (χ1) is 11.2. The van der Waals surface area contributed by atoms with Crippen molar-refractivity contribution in [3.05, 3.63) is 29.6 Å². The Labute approximate surface area is 135 Å². The van der Waals surface area contributed by atoms with Gasteiger partial charge in [0.05, 0.1) is 5.69 Å². The van der Waals surface area contributed by atoms with Crippen molar-refractivity contribution in [3.8, 4) is 11.4 Å². The van der Waals surface area contributed by atoms with Crippen LogP contribution in [0.25, 0.3) is 11.4 Å². The number of ether oxygens (including phenoxy) is 1. The Morgan fingerprint density at radius 2 is 2.26 bits per heavy atom. The standard InChI is InChI=1S/C17H22N4O2/c1-11-5-8-14(18-15(22)4-3-9-23-2)13(10-11)17-19-16(20-21-17)12-6-7-12/h5,8,10,12H,3-4,6-7,9H2,1-2H3,(H,18,22)(H,19,20,21). The number of aromatic amines is 1. The first-order valence-corrected chi connectivity index (χ1v) is 7.99. The van der Waals surface area contributed by atoms with Crippen molar-refractivity contribution >= 4 is 11.6 Å². The number of H-pyrrole nitrogens is 1. The molecule has 122 valence electrons. The molecule has 23 heavy (non-hydrogen) atoms. The van der Waals surface area contributed by atoms with E-state index in [1.165, 1.54) is 12.8 Å². The molecule has 6 nitrogen and oxygen atoms in total. The van der Waals surface area contributed by atoms with Gasteiger partial charge in [-0.2, -0.15) is 5.10 Å². The summed E-state index contributed by atoms with van der Waals surface area (Å²) in [4.78, 5) is 16.7. The molecule has 3 rings (SSSR count). The van der Waals surface area contributed by atoms with E-state index in [-0.39, 0.29) is 5.91 Å². The lowest BCUT2D eigenvalue weighted by molar-refractivity contribution is -0.116. The number of methoxy groups -OCH3 is 1. The fourth-order valence-corrected chi connectivity index (χ4v) is 2.48. The summed E-state index contributed by atoms with van der Waals surface area (Å²) in [6.07, 6.45) is 3.48. The van der Waals surface area contributed by atoms with Gasteiger partial charge in [-0.1, -0.05) is 11.6 Å². The quantitative estimate of drug-likeness (QED) is 0.770. The normalized spacial score (nSPS) is 14.0. The summed E-state index contributed by atoms with van der Waals surface area (Å²) in [6, 6.07) is 5.89. The van der Waals surface area contributed by atoms with Gasteiger partial charge in [0.1, 0.15) is 5.82 Å². The molecule has 1 aromatic carbocycles. The van der Waals surface area contributed by atoms with Gasteiger partial charge in [-0.15, -0.1) is 0 Å². The summed E-state index contributed by atoms with van der Waals surface area (Å²) in [6.45, 7) is 2.60. The molecule has 0 atom stereocenters.